The maximum Gasteiger partial charge on any atom is 0.123 e. The number of nitrogens with zero attached hydrogens (tertiary/aromatic N) is 2. The van der Waals surface area contributed by atoms with Crippen LogP contribution in [0, 0.1) is 5.82 Å². The monoisotopic (exact) mass is 354 g/mol. The highest BCUT2D eigenvalue weighted by molar-refractivity contribution is 9.10. The number of hydrogen-bond acceptors (Lipinski definition) is 2. The second kappa shape index (κ2) is 5.89. The molecule has 0 aliphatic heterocycles. The van der Waals surface area contributed by atoms with Crippen molar-refractivity contribution in [3.63, 3.8) is 0 Å². The van der Waals surface area contributed by atoms with Gasteiger partial charge in [0.15, 0.2) is 0 Å². The molecule has 2 rings (SSSR count). The normalized spacial score (nSPS) is 13.7. The zero-order valence-corrected chi connectivity index (χ0v) is 14.2. The van der Waals surface area contributed by atoms with E-state index in [1.54, 1.807) is 23.0 Å². The Balaban J connectivity index is 2.45. The lowest BCUT2D eigenvalue weighted by Crippen LogP contribution is -2.29. The summed E-state index contributed by atoms with van der Waals surface area (Å²) in [6.45, 7) is 7.91. The Morgan fingerprint density at radius 3 is 2.33 bits per heavy atom. The van der Waals surface area contributed by atoms with Gasteiger partial charge in [-0.3, -0.25) is 4.68 Å². The van der Waals surface area contributed by atoms with Gasteiger partial charge in [-0.25, -0.2) is 4.39 Å². The van der Waals surface area contributed by atoms with Gasteiger partial charge in [0.05, 0.1) is 16.4 Å². The molecule has 1 unspecified atom stereocenters. The molecule has 114 valence electrons. The van der Waals surface area contributed by atoms with Gasteiger partial charge in [-0.2, -0.15) is 5.10 Å². The molecule has 0 radical (unpaired) electrons. The lowest BCUT2D eigenvalue weighted by molar-refractivity contribution is 0.0890. The molecular formula is C16H20BrFN2O. The number of aromatic nitrogens is 2. The van der Waals surface area contributed by atoms with Crippen LogP contribution in [0.2, 0.25) is 0 Å². The molecule has 2 aromatic rings. The Labute approximate surface area is 132 Å². The first-order valence-electron chi connectivity index (χ1n) is 6.92. The van der Waals surface area contributed by atoms with Gasteiger partial charge in [0.1, 0.15) is 11.9 Å². The minimum Gasteiger partial charge on any atom is -0.386 e. The molecule has 5 heteroatoms. The summed E-state index contributed by atoms with van der Waals surface area (Å²) in [5, 5.41) is 15.2. The lowest BCUT2D eigenvalue weighted by atomic mass is 9.78. The van der Waals surface area contributed by atoms with E-state index in [9.17, 15) is 9.50 Å². The Morgan fingerprint density at radius 2 is 1.81 bits per heavy atom. The van der Waals surface area contributed by atoms with Crippen LogP contribution >= 0.6 is 15.9 Å². The van der Waals surface area contributed by atoms with Gasteiger partial charge in [-0.15, -0.1) is 0 Å². The van der Waals surface area contributed by atoms with Crippen molar-refractivity contribution in [2.24, 2.45) is 0 Å². The predicted octanol–water partition coefficient (Wildman–Crippen LogP) is 4.38. The van der Waals surface area contributed by atoms with Crippen molar-refractivity contribution in [2.75, 3.05) is 0 Å². The predicted molar refractivity (Wildman–Crippen MR) is 84.7 cm³/mol. The number of aliphatic hydroxyl groups is 1. The maximum atomic E-state index is 13.1. The molecule has 0 saturated carbocycles. The summed E-state index contributed by atoms with van der Waals surface area (Å²) in [4.78, 5) is 0. The average Bonchev–Trinajstić information content (AvgIpc) is 2.80. The third kappa shape index (κ3) is 3.04. The van der Waals surface area contributed by atoms with E-state index in [1.165, 1.54) is 12.1 Å². The smallest absolute Gasteiger partial charge is 0.123 e. The molecule has 3 nitrogen and oxygen atoms in total. The van der Waals surface area contributed by atoms with Gasteiger partial charge >= 0.3 is 0 Å². The zero-order chi connectivity index (χ0) is 15.8. The lowest BCUT2D eigenvalue weighted by Gasteiger charge is -2.32. The quantitative estimate of drug-likeness (QED) is 0.884. The number of benzene rings is 1. The fourth-order valence-electron chi connectivity index (χ4n) is 2.40. The van der Waals surface area contributed by atoms with E-state index in [-0.39, 0.29) is 11.9 Å². The highest BCUT2D eigenvalue weighted by Gasteiger charge is 2.35. The summed E-state index contributed by atoms with van der Waals surface area (Å²) in [6.07, 6.45) is 0.932. The minimum absolute atomic E-state index is 0.143. The summed E-state index contributed by atoms with van der Waals surface area (Å²) in [5.41, 5.74) is 1.04. The second-order valence-electron chi connectivity index (χ2n) is 6.05. The SMILES string of the molecule is CC(C)n1ncc(Br)c1C(O)C(C)(C)c1ccc(F)cc1. The topological polar surface area (TPSA) is 38.0 Å². The Bertz CT molecular complexity index is 620. The standard InChI is InChI=1S/C16H20BrFN2O/c1-10(2)20-14(13(17)9-19-20)15(21)16(3,4)11-5-7-12(18)8-6-11/h5-10,15,21H,1-4H3. The molecule has 1 heterocycles. The molecular weight excluding hydrogens is 335 g/mol. The molecule has 21 heavy (non-hydrogen) atoms. The average molecular weight is 355 g/mol. The Kier molecular flexibility index (Phi) is 4.54. The van der Waals surface area contributed by atoms with E-state index in [0.29, 0.717) is 0 Å². The fourth-order valence-corrected chi connectivity index (χ4v) is 2.89. The van der Waals surface area contributed by atoms with Gasteiger partial charge in [0, 0.05) is 11.5 Å². The number of halogens is 2. The summed E-state index contributed by atoms with van der Waals surface area (Å²) >= 11 is 3.46. The molecule has 0 saturated heterocycles. The van der Waals surface area contributed by atoms with E-state index < -0.39 is 11.5 Å². The highest BCUT2D eigenvalue weighted by Crippen LogP contribution is 2.40. The first kappa shape index (κ1) is 16.2. The zero-order valence-electron chi connectivity index (χ0n) is 12.6. The second-order valence-corrected chi connectivity index (χ2v) is 6.90. The van der Waals surface area contributed by atoms with Gasteiger partial charge in [0.25, 0.3) is 0 Å². The summed E-state index contributed by atoms with van der Waals surface area (Å²) in [6, 6.07) is 6.40. The van der Waals surface area contributed by atoms with Crippen LogP contribution in [-0.2, 0) is 5.41 Å². The van der Waals surface area contributed by atoms with Crippen LogP contribution in [0.15, 0.2) is 34.9 Å². The van der Waals surface area contributed by atoms with Gasteiger partial charge in [0.2, 0.25) is 0 Å². The van der Waals surface area contributed by atoms with Crippen molar-refractivity contribution < 1.29 is 9.50 Å². The first-order valence-corrected chi connectivity index (χ1v) is 7.71. The fraction of sp³-hybridized carbons (Fsp3) is 0.438. The van der Waals surface area contributed by atoms with Crippen LogP contribution in [-0.4, -0.2) is 14.9 Å². The minimum atomic E-state index is -0.762. The van der Waals surface area contributed by atoms with E-state index in [2.05, 4.69) is 21.0 Å². The molecule has 1 aromatic heterocycles. The van der Waals surface area contributed by atoms with Crippen molar-refractivity contribution >= 4 is 15.9 Å². The molecule has 0 aliphatic rings. The van der Waals surface area contributed by atoms with Crippen LogP contribution in [0.3, 0.4) is 0 Å². The third-order valence-corrected chi connectivity index (χ3v) is 4.42. The van der Waals surface area contributed by atoms with Gasteiger partial charge in [-0.1, -0.05) is 26.0 Å². The maximum absolute atomic E-state index is 13.1. The number of hydrogen-bond donors (Lipinski definition) is 1. The molecule has 1 N–H and O–H groups in total. The van der Waals surface area contributed by atoms with Crippen LogP contribution < -0.4 is 0 Å². The van der Waals surface area contributed by atoms with Crippen LogP contribution in [0.5, 0.6) is 0 Å². The van der Waals surface area contributed by atoms with E-state index in [4.69, 9.17) is 0 Å². The van der Waals surface area contributed by atoms with Gasteiger partial charge < -0.3 is 5.11 Å². The van der Waals surface area contributed by atoms with E-state index in [1.807, 2.05) is 27.7 Å². The first-order chi connectivity index (χ1) is 9.75. The molecule has 0 bridgehead atoms. The van der Waals surface area contributed by atoms with Crippen molar-refractivity contribution in [3.05, 3.63) is 52.0 Å². The van der Waals surface area contributed by atoms with Crippen LogP contribution in [0.4, 0.5) is 4.39 Å². The van der Waals surface area contributed by atoms with Crippen molar-refractivity contribution in [3.8, 4) is 0 Å². The molecule has 0 fully saturated rings. The molecule has 0 amide bonds. The Morgan fingerprint density at radius 1 is 1.24 bits per heavy atom. The van der Waals surface area contributed by atoms with E-state index in [0.717, 1.165) is 15.7 Å². The van der Waals surface area contributed by atoms with E-state index >= 15 is 0 Å². The number of rotatable bonds is 4. The third-order valence-electron chi connectivity index (χ3n) is 3.81. The highest BCUT2D eigenvalue weighted by atomic mass is 79.9. The molecule has 0 aliphatic carbocycles. The van der Waals surface area contributed by atoms with Crippen molar-refractivity contribution in [1.82, 2.24) is 9.78 Å². The molecule has 1 atom stereocenters. The van der Waals surface area contributed by atoms with Crippen LogP contribution in [0.1, 0.15) is 51.1 Å². The van der Waals surface area contributed by atoms with Crippen LogP contribution in [0.25, 0.3) is 0 Å². The molecule has 1 aromatic carbocycles. The molecule has 0 spiro atoms. The number of aliphatic hydroxyl groups excluding tert-OH is 1. The Hall–Kier alpha value is -1.20. The van der Waals surface area contributed by atoms with Crippen molar-refractivity contribution in [2.45, 2.75) is 45.3 Å². The largest absolute Gasteiger partial charge is 0.386 e. The van der Waals surface area contributed by atoms with Crippen molar-refractivity contribution in [1.29, 1.82) is 0 Å². The van der Waals surface area contributed by atoms with Gasteiger partial charge in [-0.05, 0) is 47.5 Å². The summed E-state index contributed by atoms with van der Waals surface area (Å²) < 4.78 is 15.7. The summed E-state index contributed by atoms with van der Waals surface area (Å²) in [5.74, 6) is -0.280. The summed E-state index contributed by atoms with van der Waals surface area (Å²) in [7, 11) is 0.